The molecule has 8 nitrogen and oxygen atoms in total. The fraction of sp³-hybridized carbons (Fsp3) is 0.692. The summed E-state index contributed by atoms with van der Waals surface area (Å²) in [6.07, 6.45) is 0.399. The quantitative estimate of drug-likeness (QED) is 0.668. The van der Waals surface area contributed by atoms with Gasteiger partial charge >= 0.3 is 12.0 Å². The number of amides is 4. The van der Waals surface area contributed by atoms with E-state index in [0.29, 0.717) is 13.0 Å². The van der Waals surface area contributed by atoms with Crippen LogP contribution in [0, 0.1) is 11.8 Å². The molecule has 0 saturated carbocycles. The molecule has 0 bridgehead atoms. The molecule has 0 aliphatic carbocycles. The second kappa shape index (κ2) is 5.71. The van der Waals surface area contributed by atoms with Crippen LogP contribution in [-0.4, -0.2) is 64.4 Å². The Kier molecular flexibility index (Phi) is 4.15. The summed E-state index contributed by atoms with van der Waals surface area (Å²) in [6, 6.07) is -1.13. The Morgan fingerprint density at radius 3 is 2.52 bits per heavy atom. The van der Waals surface area contributed by atoms with Crippen LogP contribution >= 0.6 is 0 Å². The molecule has 2 aliphatic heterocycles. The Hall–Kier alpha value is -2.12. The van der Waals surface area contributed by atoms with Crippen molar-refractivity contribution in [3.8, 4) is 0 Å². The second-order valence-corrected chi connectivity index (χ2v) is 5.57. The molecule has 0 spiro atoms. The zero-order valence-electron chi connectivity index (χ0n) is 12.0. The fourth-order valence-corrected chi connectivity index (χ4v) is 2.90. The molecule has 2 saturated heterocycles. The van der Waals surface area contributed by atoms with E-state index in [1.165, 1.54) is 9.80 Å². The third kappa shape index (κ3) is 2.84. The maximum Gasteiger partial charge on any atom is 0.321 e. The van der Waals surface area contributed by atoms with Crippen molar-refractivity contribution in [1.82, 2.24) is 15.1 Å². The average Bonchev–Trinajstić information content (AvgIpc) is 2.79. The molecule has 1 unspecified atom stereocenters. The molecule has 0 radical (unpaired) electrons. The highest BCUT2D eigenvalue weighted by atomic mass is 16.4. The van der Waals surface area contributed by atoms with Crippen LogP contribution in [0.2, 0.25) is 0 Å². The van der Waals surface area contributed by atoms with E-state index in [1.807, 2.05) is 0 Å². The third-order valence-corrected chi connectivity index (χ3v) is 4.09. The zero-order chi connectivity index (χ0) is 15.7. The van der Waals surface area contributed by atoms with Gasteiger partial charge in [0.15, 0.2) is 0 Å². The first-order valence-electron chi connectivity index (χ1n) is 6.97. The monoisotopic (exact) mass is 297 g/mol. The van der Waals surface area contributed by atoms with Gasteiger partial charge in [-0.25, -0.2) is 4.79 Å². The minimum absolute atomic E-state index is 0.109. The van der Waals surface area contributed by atoms with Crippen LogP contribution in [0.5, 0.6) is 0 Å². The molecular formula is C13H19N3O5. The van der Waals surface area contributed by atoms with E-state index in [4.69, 9.17) is 5.11 Å². The van der Waals surface area contributed by atoms with Crippen molar-refractivity contribution in [3.63, 3.8) is 0 Å². The number of aliphatic carboxylic acids is 1. The SMILES string of the molecule is CCC1C(=O)NC(=O)CN1C(=O)N1C[C@@H](C)[C@H](C(=O)O)C1. The normalized spacial score (nSPS) is 29.5. The predicted molar refractivity (Wildman–Crippen MR) is 71.2 cm³/mol. The molecular weight excluding hydrogens is 278 g/mol. The van der Waals surface area contributed by atoms with Crippen molar-refractivity contribution in [2.75, 3.05) is 19.6 Å². The lowest BCUT2D eigenvalue weighted by molar-refractivity contribution is -0.142. The van der Waals surface area contributed by atoms with E-state index in [1.54, 1.807) is 13.8 Å². The number of nitrogens with zero attached hydrogens (tertiary/aromatic N) is 2. The molecule has 2 heterocycles. The number of hydrogen-bond donors (Lipinski definition) is 2. The highest BCUT2D eigenvalue weighted by Crippen LogP contribution is 2.25. The van der Waals surface area contributed by atoms with Gasteiger partial charge < -0.3 is 14.9 Å². The minimum Gasteiger partial charge on any atom is -0.481 e. The largest absolute Gasteiger partial charge is 0.481 e. The number of carbonyl (C=O) groups excluding carboxylic acids is 3. The zero-order valence-corrected chi connectivity index (χ0v) is 12.0. The third-order valence-electron chi connectivity index (χ3n) is 4.09. The average molecular weight is 297 g/mol. The highest BCUT2D eigenvalue weighted by Gasteiger charge is 2.42. The summed E-state index contributed by atoms with van der Waals surface area (Å²) in [5.41, 5.74) is 0. The van der Waals surface area contributed by atoms with Crippen LogP contribution < -0.4 is 5.32 Å². The van der Waals surface area contributed by atoms with E-state index in [9.17, 15) is 19.2 Å². The Morgan fingerprint density at radius 2 is 2.00 bits per heavy atom. The lowest BCUT2D eigenvalue weighted by atomic mass is 9.99. The Morgan fingerprint density at radius 1 is 1.33 bits per heavy atom. The smallest absolute Gasteiger partial charge is 0.321 e. The topological polar surface area (TPSA) is 107 Å². The van der Waals surface area contributed by atoms with Gasteiger partial charge in [0.05, 0.1) is 5.92 Å². The molecule has 4 amide bonds. The summed E-state index contributed by atoms with van der Waals surface area (Å²) in [5, 5.41) is 11.3. The summed E-state index contributed by atoms with van der Waals surface area (Å²) in [5.74, 6) is -2.69. The number of carbonyl (C=O) groups is 4. The first-order valence-corrected chi connectivity index (χ1v) is 6.97. The van der Waals surface area contributed by atoms with Gasteiger partial charge in [0.25, 0.3) is 0 Å². The van der Waals surface area contributed by atoms with Crippen LogP contribution in [0.4, 0.5) is 4.79 Å². The summed E-state index contributed by atoms with van der Waals surface area (Å²) in [6.45, 7) is 3.78. The number of rotatable bonds is 2. The molecule has 2 aliphatic rings. The van der Waals surface area contributed by atoms with Gasteiger partial charge in [-0.05, 0) is 12.3 Å². The van der Waals surface area contributed by atoms with Crippen LogP contribution in [0.1, 0.15) is 20.3 Å². The van der Waals surface area contributed by atoms with E-state index in [2.05, 4.69) is 5.32 Å². The van der Waals surface area contributed by atoms with Crippen molar-refractivity contribution in [1.29, 1.82) is 0 Å². The van der Waals surface area contributed by atoms with Gasteiger partial charge in [-0.15, -0.1) is 0 Å². The van der Waals surface area contributed by atoms with Crippen molar-refractivity contribution in [2.24, 2.45) is 11.8 Å². The van der Waals surface area contributed by atoms with Crippen molar-refractivity contribution >= 4 is 23.8 Å². The van der Waals surface area contributed by atoms with Gasteiger partial charge in [0.1, 0.15) is 12.6 Å². The van der Waals surface area contributed by atoms with Gasteiger partial charge in [-0.2, -0.15) is 0 Å². The number of imide groups is 1. The van der Waals surface area contributed by atoms with Crippen LogP contribution in [-0.2, 0) is 14.4 Å². The van der Waals surface area contributed by atoms with Crippen LogP contribution in [0.25, 0.3) is 0 Å². The standard InChI is InChI=1S/C13H19N3O5/c1-3-9-11(18)14-10(17)6-16(9)13(21)15-4-7(2)8(5-15)12(19)20/h7-9H,3-6H2,1-2H3,(H,19,20)(H,14,17,18)/t7-,8-,9?/m1/s1. The molecule has 0 aromatic rings. The molecule has 21 heavy (non-hydrogen) atoms. The van der Waals surface area contributed by atoms with E-state index >= 15 is 0 Å². The molecule has 2 N–H and O–H groups in total. The van der Waals surface area contributed by atoms with E-state index < -0.39 is 35.8 Å². The van der Waals surface area contributed by atoms with Crippen molar-refractivity contribution < 1.29 is 24.3 Å². The number of hydrogen-bond acceptors (Lipinski definition) is 4. The number of nitrogens with one attached hydrogen (secondary N) is 1. The van der Waals surface area contributed by atoms with Gasteiger partial charge in [0, 0.05) is 13.1 Å². The van der Waals surface area contributed by atoms with E-state index in [0.717, 1.165) is 0 Å². The molecule has 8 heteroatoms. The van der Waals surface area contributed by atoms with Gasteiger partial charge in [-0.1, -0.05) is 13.8 Å². The Labute approximate surface area is 122 Å². The lowest BCUT2D eigenvalue weighted by Gasteiger charge is -2.36. The summed E-state index contributed by atoms with van der Waals surface area (Å²) in [4.78, 5) is 49.5. The van der Waals surface area contributed by atoms with Crippen LogP contribution in [0.3, 0.4) is 0 Å². The van der Waals surface area contributed by atoms with E-state index in [-0.39, 0.29) is 19.0 Å². The van der Waals surface area contributed by atoms with Gasteiger partial charge in [-0.3, -0.25) is 19.7 Å². The highest BCUT2D eigenvalue weighted by molar-refractivity contribution is 6.04. The van der Waals surface area contributed by atoms with Crippen molar-refractivity contribution in [2.45, 2.75) is 26.3 Å². The van der Waals surface area contributed by atoms with Crippen molar-refractivity contribution in [3.05, 3.63) is 0 Å². The first kappa shape index (κ1) is 15.3. The maximum atomic E-state index is 12.5. The fourth-order valence-electron chi connectivity index (χ4n) is 2.90. The van der Waals surface area contributed by atoms with Gasteiger partial charge in [0.2, 0.25) is 11.8 Å². The number of urea groups is 1. The molecule has 0 aromatic carbocycles. The Balaban J connectivity index is 2.13. The summed E-state index contributed by atoms with van der Waals surface area (Å²) >= 11 is 0. The number of likely N-dealkylation sites (tertiary alicyclic amines) is 1. The molecule has 3 atom stereocenters. The lowest BCUT2D eigenvalue weighted by Crippen LogP contribution is -2.61. The number of piperazine rings is 1. The van der Waals surface area contributed by atoms with Crippen LogP contribution in [0.15, 0.2) is 0 Å². The number of carboxylic acid groups (broad SMARTS) is 1. The minimum atomic E-state index is -0.933. The number of carboxylic acids is 1. The predicted octanol–water partition coefficient (Wildman–Crippen LogP) is -0.504. The molecule has 0 aromatic heterocycles. The summed E-state index contributed by atoms with van der Waals surface area (Å²) < 4.78 is 0. The molecule has 2 rings (SSSR count). The molecule has 116 valence electrons. The second-order valence-electron chi connectivity index (χ2n) is 5.57. The first-order chi connectivity index (χ1) is 9.85. The molecule has 2 fully saturated rings. The summed E-state index contributed by atoms with van der Waals surface area (Å²) in [7, 11) is 0. The Bertz CT molecular complexity index is 492. The maximum absolute atomic E-state index is 12.5.